The van der Waals surface area contributed by atoms with E-state index in [-0.39, 0.29) is 6.61 Å². The second kappa shape index (κ2) is 5.24. The lowest BCUT2D eigenvalue weighted by Gasteiger charge is -2.36. The Morgan fingerprint density at radius 2 is 1.75 bits per heavy atom. The fourth-order valence-electron chi connectivity index (χ4n) is 1.38. The lowest BCUT2D eigenvalue weighted by molar-refractivity contribution is -0.265. The van der Waals surface area contributed by atoms with Crippen LogP contribution < -0.4 is 0 Å². The van der Waals surface area contributed by atoms with Crippen LogP contribution in [0.5, 0.6) is 0 Å². The van der Waals surface area contributed by atoms with Gasteiger partial charge in [0.2, 0.25) is 6.29 Å². The minimum Gasteiger partial charge on any atom is -0.457 e. The van der Waals surface area contributed by atoms with E-state index in [1.54, 1.807) is 0 Å². The Labute approximate surface area is 91.9 Å². The Kier molecular flexibility index (Phi) is 4.22. The fourth-order valence-corrected chi connectivity index (χ4v) is 1.38. The molecule has 2 N–H and O–H groups in total. The van der Waals surface area contributed by atoms with Crippen molar-refractivity contribution in [2.45, 2.75) is 38.4 Å². The van der Waals surface area contributed by atoms with Crippen molar-refractivity contribution in [1.82, 2.24) is 0 Å². The maximum Gasteiger partial charge on any atom is 0.305 e. The van der Waals surface area contributed by atoms with Gasteiger partial charge in [0, 0.05) is 13.8 Å². The predicted molar refractivity (Wildman–Crippen MR) is 49.1 cm³/mol. The molecule has 0 aromatic heterocycles. The predicted octanol–water partition coefficient (Wildman–Crippen LogP) is -1.44. The molecule has 1 aliphatic rings. The average molecular weight is 234 g/mol. The summed E-state index contributed by atoms with van der Waals surface area (Å²) >= 11 is 0. The van der Waals surface area contributed by atoms with Gasteiger partial charge in [-0.05, 0) is 0 Å². The van der Waals surface area contributed by atoms with Crippen LogP contribution in [-0.4, -0.2) is 53.4 Å². The molecule has 1 rings (SSSR count). The zero-order chi connectivity index (χ0) is 12.3. The summed E-state index contributed by atoms with van der Waals surface area (Å²) in [5, 5.41) is 19.1. The van der Waals surface area contributed by atoms with E-state index in [1.807, 2.05) is 0 Å². The van der Waals surface area contributed by atoms with Crippen LogP contribution in [0.3, 0.4) is 0 Å². The smallest absolute Gasteiger partial charge is 0.305 e. The van der Waals surface area contributed by atoms with E-state index in [4.69, 9.17) is 9.47 Å². The molecular formula is C9H14O7. The number of esters is 2. The maximum atomic E-state index is 10.7. The second-order valence-corrected chi connectivity index (χ2v) is 3.44. The normalized spacial score (nSPS) is 34.2. The first-order valence-corrected chi connectivity index (χ1v) is 4.74. The monoisotopic (exact) mass is 234 g/mol. The van der Waals surface area contributed by atoms with E-state index < -0.39 is 36.5 Å². The van der Waals surface area contributed by atoms with Gasteiger partial charge in [0.1, 0.15) is 6.10 Å². The standard InChI is InChI=1S/C9H14O7/c1-4(10)15-8-6(12)3-14-9(7(8)13)16-5(2)11/h6-9,12-13H,3H2,1-2H3. The van der Waals surface area contributed by atoms with Gasteiger partial charge in [-0.2, -0.15) is 0 Å². The van der Waals surface area contributed by atoms with Crippen molar-refractivity contribution < 1.29 is 34.0 Å². The van der Waals surface area contributed by atoms with Gasteiger partial charge in [-0.15, -0.1) is 0 Å². The molecule has 0 bridgehead atoms. The summed E-state index contributed by atoms with van der Waals surface area (Å²) < 4.78 is 14.3. The van der Waals surface area contributed by atoms with Crippen molar-refractivity contribution in [2.75, 3.05) is 6.61 Å². The molecule has 1 aliphatic heterocycles. The quantitative estimate of drug-likeness (QED) is 0.564. The van der Waals surface area contributed by atoms with E-state index in [0.717, 1.165) is 13.8 Å². The van der Waals surface area contributed by atoms with E-state index in [1.165, 1.54) is 0 Å². The molecule has 0 aromatic carbocycles. The summed E-state index contributed by atoms with van der Waals surface area (Å²) in [5.41, 5.74) is 0. The van der Waals surface area contributed by atoms with E-state index >= 15 is 0 Å². The van der Waals surface area contributed by atoms with E-state index in [9.17, 15) is 19.8 Å². The number of carbonyl (C=O) groups is 2. The van der Waals surface area contributed by atoms with Crippen LogP contribution >= 0.6 is 0 Å². The van der Waals surface area contributed by atoms with Gasteiger partial charge in [-0.25, -0.2) is 0 Å². The first-order valence-electron chi connectivity index (χ1n) is 4.74. The Morgan fingerprint density at radius 1 is 1.19 bits per heavy atom. The molecule has 92 valence electrons. The van der Waals surface area contributed by atoms with Crippen LogP contribution in [0.1, 0.15) is 13.8 Å². The van der Waals surface area contributed by atoms with Crippen LogP contribution in [-0.2, 0) is 23.8 Å². The minimum atomic E-state index is -1.41. The Morgan fingerprint density at radius 3 is 2.25 bits per heavy atom. The number of ether oxygens (including phenoxy) is 3. The maximum absolute atomic E-state index is 10.7. The van der Waals surface area contributed by atoms with Crippen LogP contribution in [0.25, 0.3) is 0 Å². The van der Waals surface area contributed by atoms with Gasteiger partial charge in [0.15, 0.2) is 12.2 Å². The van der Waals surface area contributed by atoms with Gasteiger partial charge in [-0.1, -0.05) is 0 Å². The van der Waals surface area contributed by atoms with Crippen LogP contribution in [0, 0.1) is 0 Å². The summed E-state index contributed by atoms with van der Waals surface area (Å²) in [7, 11) is 0. The molecule has 0 aliphatic carbocycles. The highest BCUT2D eigenvalue weighted by Crippen LogP contribution is 2.19. The highest BCUT2D eigenvalue weighted by Gasteiger charge is 2.42. The van der Waals surface area contributed by atoms with Crippen LogP contribution in [0.2, 0.25) is 0 Å². The van der Waals surface area contributed by atoms with Crippen molar-refractivity contribution in [3.63, 3.8) is 0 Å². The third-order valence-corrected chi connectivity index (χ3v) is 2.01. The first kappa shape index (κ1) is 12.9. The van der Waals surface area contributed by atoms with Crippen molar-refractivity contribution in [3.8, 4) is 0 Å². The molecule has 4 unspecified atom stereocenters. The van der Waals surface area contributed by atoms with Gasteiger partial charge >= 0.3 is 11.9 Å². The lowest BCUT2D eigenvalue weighted by Crippen LogP contribution is -2.55. The Hall–Kier alpha value is -1.18. The second-order valence-electron chi connectivity index (χ2n) is 3.44. The number of hydrogen-bond donors (Lipinski definition) is 2. The Bertz CT molecular complexity index is 277. The summed E-state index contributed by atoms with van der Waals surface area (Å²) in [6.07, 6.45) is -4.94. The van der Waals surface area contributed by atoms with Gasteiger partial charge in [0.05, 0.1) is 6.61 Å². The zero-order valence-corrected chi connectivity index (χ0v) is 8.95. The molecule has 0 amide bonds. The molecule has 1 fully saturated rings. The van der Waals surface area contributed by atoms with Gasteiger partial charge in [-0.3, -0.25) is 9.59 Å². The van der Waals surface area contributed by atoms with Crippen LogP contribution in [0.4, 0.5) is 0 Å². The molecule has 0 aromatic rings. The van der Waals surface area contributed by atoms with Gasteiger partial charge < -0.3 is 24.4 Å². The Balaban J connectivity index is 2.66. The topological polar surface area (TPSA) is 102 Å². The summed E-state index contributed by atoms with van der Waals surface area (Å²) in [6.45, 7) is 2.12. The van der Waals surface area contributed by atoms with Gasteiger partial charge in [0.25, 0.3) is 0 Å². The molecule has 0 saturated carbocycles. The van der Waals surface area contributed by atoms with Crippen molar-refractivity contribution in [3.05, 3.63) is 0 Å². The largest absolute Gasteiger partial charge is 0.457 e. The third kappa shape index (κ3) is 3.16. The highest BCUT2D eigenvalue weighted by atomic mass is 16.7. The molecule has 1 saturated heterocycles. The molecular weight excluding hydrogens is 220 g/mol. The number of hydrogen-bond acceptors (Lipinski definition) is 7. The molecule has 16 heavy (non-hydrogen) atoms. The number of aliphatic hydroxyl groups is 2. The molecule has 7 heteroatoms. The van der Waals surface area contributed by atoms with E-state index in [0.29, 0.717) is 0 Å². The number of rotatable bonds is 2. The van der Waals surface area contributed by atoms with Crippen LogP contribution in [0.15, 0.2) is 0 Å². The van der Waals surface area contributed by atoms with Crippen molar-refractivity contribution in [2.24, 2.45) is 0 Å². The first-order chi connectivity index (χ1) is 7.41. The number of carbonyl (C=O) groups excluding carboxylic acids is 2. The summed E-state index contributed by atoms with van der Waals surface area (Å²) in [6, 6.07) is 0. The molecule has 0 spiro atoms. The molecule has 1 heterocycles. The fraction of sp³-hybridized carbons (Fsp3) is 0.778. The summed E-state index contributed by atoms with van der Waals surface area (Å²) in [4.78, 5) is 21.4. The average Bonchev–Trinajstić information content (AvgIpc) is 2.16. The lowest BCUT2D eigenvalue weighted by atomic mass is 10.1. The number of aliphatic hydroxyl groups excluding tert-OH is 2. The van der Waals surface area contributed by atoms with Crippen molar-refractivity contribution >= 4 is 11.9 Å². The third-order valence-electron chi connectivity index (χ3n) is 2.01. The molecule has 4 atom stereocenters. The SMILES string of the molecule is CC(=O)OC1OCC(O)C(OC(C)=O)C1O. The summed E-state index contributed by atoms with van der Waals surface area (Å²) in [5.74, 6) is -1.28. The van der Waals surface area contributed by atoms with E-state index in [2.05, 4.69) is 4.74 Å². The van der Waals surface area contributed by atoms with Crippen molar-refractivity contribution in [1.29, 1.82) is 0 Å². The molecule has 7 nitrogen and oxygen atoms in total. The zero-order valence-electron chi connectivity index (χ0n) is 8.95. The molecule has 0 radical (unpaired) electrons. The minimum absolute atomic E-state index is 0.188. The highest BCUT2D eigenvalue weighted by molar-refractivity contribution is 5.66.